The second kappa shape index (κ2) is 9.82. The average molecular weight is 440 g/mol. The second-order valence-corrected chi connectivity index (χ2v) is 8.56. The van der Waals surface area contributed by atoms with Crippen LogP contribution in [0.15, 0.2) is 48.5 Å². The van der Waals surface area contributed by atoms with E-state index < -0.39 is 36.2 Å². The van der Waals surface area contributed by atoms with E-state index in [0.29, 0.717) is 0 Å². The molecule has 8 nitrogen and oxygen atoms in total. The van der Waals surface area contributed by atoms with Crippen LogP contribution in [0.1, 0.15) is 37.8 Å². The van der Waals surface area contributed by atoms with Gasteiger partial charge in [0.2, 0.25) is 5.91 Å². The van der Waals surface area contributed by atoms with E-state index in [1.54, 1.807) is 20.8 Å². The Kier molecular flexibility index (Phi) is 7.15. The van der Waals surface area contributed by atoms with Crippen molar-refractivity contribution < 1.29 is 29.0 Å². The van der Waals surface area contributed by atoms with Crippen LogP contribution in [0.2, 0.25) is 0 Å². The Morgan fingerprint density at radius 1 is 1.00 bits per heavy atom. The summed E-state index contributed by atoms with van der Waals surface area (Å²) in [4.78, 5) is 35.6. The van der Waals surface area contributed by atoms with Gasteiger partial charge in [-0.2, -0.15) is 0 Å². The van der Waals surface area contributed by atoms with Gasteiger partial charge in [0, 0.05) is 5.92 Å². The maximum atomic E-state index is 12.2. The first-order valence-corrected chi connectivity index (χ1v) is 10.4. The number of amides is 2. The lowest BCUT2D eigenvalue weighted by Gasteiger charge is -2.23. The number of carboxylic acid groups (broad SMARTS) is 1. The van der Waals surface area contributed by atoms with Crippen molar-refractivity contribution >= 4 is 18.0 Å². The van der Waals surface area contributed by atoms with Gasteiger partial charge in [0.1, 0.15) is 13.2 Å². The Balaban J connectivity index is 1.50. The smallest absolute Gasteiger partial charge is 0.407 e. The highest BCUT2D eigenvalue weighted by Gasteiger charge is 2.29. The molecular formula is C24H28N2O6. The van der Waals surface area contributed by atoms with Gasteiger partial charge in [-0.25, -0.2) is 9.59 Å². The first-order chi connectivity index (χ1) is 15.2. The van der Waals surface area contributed by atoms with Crippen LogP contribution in [0, 0.1) is 0 Å². The Morgan fingerprint density at radius 3 is 2.09 bits per heavy atom. The molecule has 0 aromatic heterocycles. The number of carbonyl (C=O) groups excluding carboxylic acids is 2. The molecule has 0 spiro atoms. The van der Waals surface area contributed by atoms with Crippen LogP contribution < -0.4 is 10.6 Å². The predicted molar refractivity (Wildman–Crippen MR) is 118 cm³/mol. The Labute approximate surface area is 186 Å². The Bertz CT molecular complexity index is 952. The molecule has 8 heteroatoms. The van der Waals surface area contributed by atoms with Crippen molar-refractivity contribution in [3.8, 4) is 11.1 Å². The highest BCUT2D eigenvalue weighted by Crippen LogP contribution is 2.44. The van der Waals surface area contributed by atoms with Crippen LogP contribution in [-0.4, -0.2) is 54.5 Å². The van der Waals surface area contributed by atoms with Crippen molar-refractivity contribution in [1.29, 1.82) is 0 Å². The number of alkyl carbamates (subject to hydrolysis) is 1. The molecule has 0 heterocycles. The number of ether oxygens (including phenoxy) is 2. The van der Waals surface area contributed by atoms with E-state index in [1.165, 1.54) is 0 Å². The van der Waals surface area contributed by atoms with E-state index in [9.17, 15) is 19.5 Å². The summed E-state index contributed by atoms with van der Waals surface area (Å²) in [6.07, 6.45) is -0.750. The average Bonchev–Trinajstić information content (AvgIpc) is 3.06. The van der Waals surface area contributed by atoms with Crippen molar-refractivity contribution in [2.45, 2.75) is 38.3 Å². The number of carbonyl (C=O) groups is 3. The third kappa shape index (κ3) is 5.85. The highest BCUT2D eigenvalue weighted by atomic mass is 16.5. The molecule has 1 aliphatic carbocycles. The zero-order chi connectivity index (χ0) is 23.3. The lowest BCUT2D eigenvalue weighted by Crippen LogP contribution is -2.48. The molecule has 32 heavy (non-hydrogen) atoms. The molecular weight excluding hydrogens is 412 g/mol. The van der Waals surface area contributed by atoms with Gasteiger partial charge in [0.15, 0.2) is 6.04 Å². The minimum absolute atomic E-state index is 0.0899. The predicted octanol–water partition coefficient (Wildman–Crippen LogP) is 2.91. The molecule has 3 rings (SSSR count). The fourth-order valence-electron chi connectivity index (χ4n) is 3.56. The maximum Gasteiger partial charge on any atom is 0.407 e. The zero-order valence-electron chi connectivity index (χ0n) is 18.4. The van der Waals surface area contributed by atoms with Crippen LogP contribution in [0.3, 0.4) is 0 Å². The molecule has 2 aromatic rings. The SMILES string of the molecule is CC(C)(C)OC[C@H](NC(=O)CNC(=O)OCC1c2ccccc2-c2ccccc21)C(=O)O. The fourth-order valence-corrected chi connectivity index (χ4v) is 3.56. The number of hydrogen-bond donors (Lipinski definition) is 3. The molecule has 0 radical (unpaired) electrons. The standard InChI is InChI=1S/C24H28N2O6/c1-24(2,3)32-14-20(22(28)29)26-21(27)12-25-23(30)31-13-19-17-10-6-4-8-15(17)16-9-5-7-11-18(16)19/h4-11,19-20H,12-14H2,1-3H3,(H,25,30)(H,26,27)(H,28,29)/t20-/m0/s1. The van der Waals surface area contributed by atoms with Crippen molar-refractivity contribution in [2.75, 3.05) is 19.8 Å². The third-order valence-corrected chi connectivity index (χ3v) is 5.05. The van der Waals surface area contributed by atoms with Gasteiger partial charge in [0.25, 0.3) is 0 Å². The van der Waals surface area contributed by atoms with Crippen LogP contribution in [0.4, 0.5) is 4.79 Å². The summed E-state index contributed by atoms with van der Waals surface area (Å²) in [5, 5.41) is 14.0. The fraction of sp³-hybridized carbons (Fsp3) is 0.375. The van der Waals surface area contributed by atoms with E-state index in [0.717, 1.165) is 22.3 Å². The summed E-state index contributed by atoms with van der Waals surface area (Å²) >= 11 is 0. The lowest BCUT2D eigenvalue weighted by molar-refractivity contribution is -0.145. The van der Waals surface area contributed by atoms with Crippen molar-refractivity contribution in [3.63, 3.8) is 0 Å². The first kappa shape index (κ1) is 23.3. The van der Waals surface area contributed by atoms with E-state index in [1.807, 2.05) is 48.5 Å². The van der Waals surface area contributed by atoms with Crippen molar-refractivity contribution in [3.05, 3.63) is 59.7 Å². The molecule has 2 aromatic carbocycles. The van der Waals surface area contributed by atoms with Gasteiger partial charge < -0.3 is 25.2 Å². The number of carboxylic acids is 1. The van der Waals surface area contributed by atoms with Crippen LogP contribution in [0.5, 0.6) is 0 Å². The van der Waals surface area contributed by atoms with E-state index in [4.69, 9.17) is 9.47 Å². The third-order valence-electron chi connectivity index (χ3n) is 5.05. The van der Waals surface area contributed by atoms with Gasteiger partial charge in [-0.15, -0.1) is 0 Å². The van der Waals surface area contributed by atoms with E-state index in [-0.39, 0.29) is 19.1 Å². The van der Waals surface area contributed by atoms with Crippen molar-refractivity contribution in [2.24, 2.45) is 0 Å². The minimum atomic E-state index is -1.22. The number of rotatable bonds is 8. The van der Waals surface area contributed by atoms with Crippen LogP contribution in [0.25, 0.3) is 11.1 Å². The number of nitrogens with one attached hydrogen (secondary N) is 2. The molecule has 0 fully saturated rings. The molecule has 1 aliphatic rings. The molecule has 3 N–H and O–H groups in total. The largest absolute Gasteiger partial charge is 0.480 e. The summed E-state index contributed by atoms with van der Waals surface area (Å²) < 4.78 is 10.8. The second-order valence-electron chi connectivity index (χ2n) is 8.56. The molecule has 0 bridgehead atoms. The summed E-state index contributed by atoms with van der Waals surface area (Å²) in [7, 11) is 0. The number of fused-ring (bicyclic) bond motifs is 3. The monoisotopic (exact) mass is 440 g/mol. The molecule has 2 amide bonds. The summed E-state index contributed by atoms with van der Waals surface area (Å²) in [5.41, 5.74) is 3.87. The Hall–Kier alpha value is -3.39. The van der Waals surface area contributed by atoms with Crippen molar-refractivity contribution in [1.82, 2.24) is 10.6 Å². The minimum Gasteiger partial charge on any atom is -0.480 e. The molecule has 0 aliphatic heterocycles. The molecule has 1 atom stereocenters. The summed E-state index contributed by atoms with van der Waals surface area (Å²) in [6.45, 7) is 4.88. The summed E-state index contributed by atoms with van der Waals surface area (Å²) in [6, 6.07) is 14.7. The zero-order valence-corrected chi connectivity index (χ0v) is 18.4. The maximum absolute atomic E-state index is 12.2. The topological polar surface area (TPSA) is 114 Å². The molecule has 0 unspecified atom stereocenters. The number of aliphatic carboxylic acids is 1. The highest BCUT2D eigenvalue weighted by molar-refractivity contribution is 5.86. The van der Waals surface area contributed by atoms with Gasteiger partial charge in [0.05, 0.1) is 12.2 Å². The molecule has 0 saturated heterocycles. The number of benzene rings is 2. The van der Waals surface area contributed by atoms with Gasteiger partial charge in [-0.3, -0.25) is 4.79 Å². The van der Waals surface area contributed by atoms with E-state index in [2.05, 4.69) is 10.6 Å². The molecule has 170 valence electrons. The molecule has 0 saturated carbocycles. The normalized spacial score (nSPS) is 13.6. The van der Waals surface area contributed by atoms with E-state index >= 15 is 0 Å². The Morgan fingerprint density at radius 2 is 1.56 bits per heavy atom. The quantitative estimate of drug-likeness (QED) is 0.582. The van der Waals surface area contributed by atoms with Crippen LogP contribution in [-0.2, 0) is 19.1 Å². The number of hydrogen-bond acceptors (Lipinski definition) is 5. The van der Waals surface area contributed by atoms with Gasteiger partial charge in [-0.1, -0.05) is 48.5 Å². The first-order valence-electron chi connectivity index (χ1n) is 10.4. The van der Waals surface area contributed by atoms with Gasteiger partial charge in [-0.05, 0) is 43.0 Å². The van der Waals surface area contributed by atoms with Crippen LogP contribution >= 0.6 is 0 Å². The lowest BCUT2D eigenvalue weighted by atomic mass is 9.98. The summed E-state index contributed by atoms with van der Waals surface area (Å²) in [5.74, 6) is -1.96. The van der Waals surface area contributed by atoms with Gasteiger partial charge >= 0.3 is 12.1 Å².